The number of nitrogens with zero attached hydrogens (tertiary/aromatic N) is 1. The zero-order valence-electron chi connectivity index (χ0n) is 14.7. The maximum absolute atomic E-state index is 5.88. The first kappa shape index (κ1) is 14.9. The van der Waals surface area contributed by atoms with E-state index in [-0.39, 0.29) is 6.79 Å². The Kier molecular flexibility index (Phi) is 3.16. The van der Waals surface area contributed by atoms with Gasteiger partial charge in [0.05, 0.1) is 14.2 Å². The van der Waals surface area contributed by atoms with Gasteiger partial charge in [-0.2, -0.15) is 0 Å². The molecule has 5 rings (SSSR count). The summed E-state index contributed by atoms with van der Waals surface area (Å²) in [7, 11) is 5.58. The summed E-state index contributed by atoms with van der Waals surface area (Å²) in [5.74, 6) is 3.32. The summed E-state index contributed by atoms with van der Waals surface area (Å²) in [5, 5.41) is 0. The van der Waals surface area contributed by atoms with E-state index < -0.39 is 0 Å². The van der Waals surface area contributed by atoms with Gasteiger partial charge in [0.1, 0.15) is 0 Å². The minimum atomic E-state index is 0.286. The van der Waals surface area contributed by atoms with Gasteiger partial charge in [-0.05, 0) is 54.8 Å². The predicted octanol–water partition coefficient (Wildman–Crippen LogP) is 3.18. The van der Waals surface area contributed by atoms with Crippen molar-refractivity contribution >= 4 is 0 Å². The summed E-state index contributed by atoms with van der Waals surface area (Å²) in [4.78, 5) is 2.43. The SMILES string of the molecule is COc1ccc2c(c1OC)CC1c3c(cc4c(c3-2)OCO4)CCN1C. The molecule has 1 unspecified atom stereocenters. The van der Waals surface area contributed by atoms with Crippen LogP contribution in [0.4, 0.5) is 0 Å². The molecule has 2 heterocycles. The Labute approximate surface area is 147 Å². The third-order valence-electron chi connectivity index (χ3n) is 5.70. The molecule has 2 aliphatic heterocycles. The van der Waals surface area contributed by atoms with Crippen LogP contribution in [-0.2, 0) is 12.8 Å². The third-order valence-corrected chi connectivity index (χ3v) is 5.70. The highest BCUT2D eigenvalue weighted by molar-refractivity contribution is 5.86. The zero-order chi connectivity index (χ0) is 17.1. The van der Waals surface area contributed by atoms with Gasteiger partial charge in [0.2, 0.25) is 6.79 Å². The summed E-state index contributed by atoms with van der Waals surface area (Å²) in [6.45, 7) is 1.33. The van der Waals surface area contributed by atoms with Crippen LogP contribution in [0.5, 0.6) is 23.0 Å². The van der Waals surface area contributed by atoms with E-state index in [0.29, 0.717) is 6.04 Å². The van der Waals surface area contributed by atoms with Crippen molar-refractivity contribution in [2.45, 2.75) is 18.9 Å². The van der Waals surface area contributed by atoms with Gasteiger partial charge in [-0.3, -0.25) is 4.90 Å². The second-order valence-corrected chi connectivity index (χ2v) is 6.84. The number of hydrogen-bond acceptors (Lipinski definition) is 5. The minimum absolute atomic E-state index is 0.286. The van der Waals surface area contributed by atoms with Gasteiger partial charge in [-0.15, -0.1) is 0 Å². The number of hydrogen-bond donors (Lipinski definition) is 0. The van der Waals surface area contributed by atoms with E-state index in [2.05, 4.69) is 24.1 Å². The molecule has 0 N–H and O–H groups in total. The van der Waals surface area contributed by atoms with E-state index in [9.17, 15) is 0 Å². The van der Waals surface area contributed by atoms with Crippen LogP contribution in [-0.4, -0.2) is 39.5 Å². The number of ether oxygens (including phenoxy) is 4. The third kappa shape index (κ3) is 1.93. The normalized spacial score (nSPS) is 20.0. The van der Waals surface area contributed by atoms with Crippen molar-refractivity contribution in [3.8, 4) is 34.1 Å². The number of rotatable bonds is 2. The average Bonchev–Trinajstić information content (AvgIpc) is 3.11. The molecule has 0 amide bonds. The fourth-order valence-electron chi connectivity index (χ4n) is 4.52. The summed E-state index contributed by atoms with van der Waals surface area (Å²) >= 11 is 0. The summed E-state index contributed by atoms with van der Waals surface area (Å²) in [5.41, 5.74) is 6.29. The molecule has 0 spiro atoms. The van der Waals surface area contributed by atoms with Crippen LogP contribution >= 0.6 is 0 Å². The van der Waals surface area contributed by atoms with Crippen LogP contribution in [0.3, 0.4) is 0 Å². The maximum Gasteiger partial charge on any atom is 0.231 e. The highest BCUT2D eigenvalue weighted by atomic mass is 16.7. The van der Waals surface area contributed by atoms with Crippen molar-refractivity contribution < 1.29 is 18.9 Å². The topological polar surface area (TPSA) is 40.2 Å². The van der Waals surface area contributed by atoms with Crippen molar-refractivity contribution in [3.63, 3.8) is 0 Å². The molecule has 0 saturated carbocycles. The van der Waals surface area contributed by atoms with Crippen LogP contribution in [0.25, 0.3) is 11.1 Å². The van der Waals surface area contributed by atoms with E-state index >= 15 is 0 Å². The molecule has 5 nitrogen and oxygen atoms in total. The predicted molar refractivity (Wildman–Crippen MR) is 93.9 cm³/mol. The molecule has 130 valence electrons. The van der Waals surface area contributed by atoms with Gasteiger partial charge in [-0.1, -0.05) is 0 Å². The fraction of sp³-hybridized carbons (Fsp3) is 0.400. The molecule has 2 aromatic rings. The Morgan fingerprint density at radius 2 is 2.04 bits per heavy atom. The first-order chi connectivity index (χ1) is 12.2. The van der Waals surface area contributed by atoms with E-state index in [4.69, 9.17) is 18.9 Å². The van der Waals surface area contributed by atoms with Crippen LogP contribution in [0.15, 0.2) is 18.2 Å². The second-order valence-electron chi connectivity index (χ2n) is 6.84. The molecule has 0 radical (unpaired) electrons. The lowest BCUT2D eigenvalue weighted by molar-refractivity contribution is 0.174. The van der Waals surface area contributed by atoms with Gasteiger partial charge in [0.25, 0.3) is 0 Å². The molecule has 2 aromatic carbocycles. The molecule has 5 heteroatoms. The Bertz CT molecular complexity index is 877. The smallest absolute Gasteiger partial charge is 0.231 e. The van der Waals surface area contributed by atoms with Crippen molar-refractivity contribution in [1.29, 1.82) is 0 Å². The Morgan fingerprint density at radius 3 is 2.84 bits per heavy atom. The number of likely N-dealkylation sites (N-methyl/N-ethyl adjacent to an activating group) is 1. The number of fused-ring (bicyclic) bond motifs is 4. The van der Waals surface area contributed by atoms with Crippen LogP contribution in [0, 0.1) is 0 Å². The van der Waals surface area contributed by atoms with Crippen molar-refractivity contribution in [2.24, 2.45) is 0 Å². The standard InChI is InChI=1S/C20H21NO4/c1-21-7-6-11-8-16-20(25-10-24-16)18-12-4-5-15(22-2)19(23-3)13(12)9-14(21)17(11)18/h4-5,8,14H,6-7,9-10H2,1-3H3. The second kappa shape index (κ2) is 5.30. The summed E-state index contributed by atoms with van der Waals surface area (Å²) in [6.07, 6.45) is 1.94. The Morgan fingerprint density at radius 1 is 1.16 bits per heavy atom. The lowest BCUT2D eigenvalue weighted by Crippen LogP contribution is -2.35. The molecule has 0 bridgehead atoms. The first-order valence-corrected chi connectivity index (χ1v) is 8.62. The van der Waals surface area contributed by atoms with E-state index in [0.717, 1.165) is 42.4 Å². The summed E-state index contributed by atoms with van der Waals surface area (Å²) in [6, 6.07) is 6.60. The molecule has 1 atom stereocenters. The van der Waals surface area contributed by atoms with E-state index in [1.54, 1.807) is 14.2 Å². The van der Waals surface area contributed by atoms with E-state index in [1.165, 1.54) is 27.8 Å². The lowest BCUT2D eigenvalue weighted by Gasteiger charge is -2.40. The highest BCUT2D eigenvalue weighted by Crippen LogP contribution is 2.56. The monoisotopic (exact) mass is 339 g/mol. The van der Waals surface area contributed by atoms with Gasteiger partial charge in [-0.25, -0.2) is 0 Å². The van der Waals surface area contributed by atoms with E-state index in [1.807, 2.05) is 6.07 Å². The molecule has 0 fully saturated rings. The molecular formula is C20H21NO4. The highest BCUT2D eigenvalue weighted by Gasteiger charge is 2.39. The Balaban J connectivity index is 1.85. The molecular weight excluding hydrogens is 318 g/mol. The molecule has 0 saturated heterocycles. The Hall–Kier alpha value is -2.40. The van der Waals surface area contributed by atoms with Crippen molar-refractivity contribution in [3.05, 3.63) is 34.9 Å². The molecule has 1 aliphatic carbocycles. The van der Waals surface area contributed by atoms with Crippen LogP contribution < -0.4 is 18.9 Å². The lowest BCUT2D eigenvalue weighted by atomic mass is 9.76. The fourth-order valence-corrected chi connectivity index (χ4v) is 4.52. The van der Waals surface area contributed by atoms with Crippen molar-refractivity contribution in [2.75, 3.05) is 34.6 Å². The average molecular weight is 339 g/mol. The van der Waals surface area contributed by atoms with Crippen molar-refractivity contribution in [1.82, 2.24) is 4.90 Å². The zero-order valence-corrected chi connectivity index (χ0v) is 14.7. The van der Waals surface area contributed by atoms with Crippen LogP contribution in [0.2, 0.25) is 0 Å². The molecule has 3 aliphatic rings. The van der Waals surface area contributed by atoms with Gasteiger partial charge in [0.15, 0.2) is 23.0 Å². The minimum Gasteiger partial charge on any atom is -0.493 e. The van der Waals surface area contributed by atoms with Crippen LogP contribution in [0.1, 0.15) is 22.7 Å². The molecule has 25 heavy (non-hydrogen) atoms. The number of benzene rings is 2. The van der Waals surface area contributed by atoms with Gasteiger partial charge in [0, 0.05) is 23.7 Å². The van der Waals surface area contributed by atoms with Gasteiger partial charge < -0.3 is 18.9 Å². The number of methoxy groups -OCH3 is 2. The van der Waals surface area contributed by atoms with Gasteiger partial charge >= 0.3 is 0 Å². The molecule has 0 aromatic heterocycles. The summed E-state index contributed by atoms with van der Waals surface area (Å²) < 4.78 is 22.8. The quantitative estimate of drug-likeness (QED) is 0.840. The first-order valence-electron chi connectivity index (χ1n) is 8.62. The largest absolute Gasteiger partial charge is 0.493 e. The maximum atomic E-state index is 5.88.